The number of aliphatic hydroxyl groups excluding tert-OH is 1. The van der Waals surface area contributed by atoms with Crippen LogP contribution in [0.15, 0.2) is 0 Å². The van der Waals surface area contributed by atoms with Crippen molar-refractivity contribution in [3.63, 3.8) is 0 Å². The van der Waals surface area contributed by atoms with E-state index in [0.717, 1.165) is 18.8 Å². The predicted octanol–water partition coefficient (Wildman–Crippen LogP) is 1.96. The molecular formula is C10H20O2. The molecule has 0 aromatic carbocycles. The molecule has 1 rings (SSSR count). The minimum absolute atomic E-state index is 0.0929. The predicted molar refractivity (Wildman–Crippen MR) is 49.1 cm³/mol. The molecular weight excluding hydrogens is 152 g/mol. The fourth-order valence-corrected chi connectivity index (χ4v) is 2.12. The minimum Gasteiger partial charge on any atom is -0.390 e. The first kappa shape index (κ1) is 10.0. The summed E-state index contributed by atoms with van der Waals surface area (Å²) in [4.78, 5) is 0. The SMILES string of the molecule is CCC[C@H]1CC[C@H](O)[C@H](OC)C1. The van der Waals surface area contributed by atoms with Gasteiger partial charge in [-0.25, -0.2) is 0 Å². The van der Waals surface area contributed by atoms with Crippen molar-refractivity contribution in [1.29, 1.82) is 0 Å². The number of hydrogen-bond donors (Lipinski definition) is 1. The highest BCUT2D eigenvalue weighted by molar-refractivity contribution is 4.79. The molecule has 12 heavy (non-hydrogen) atoms. The standard InChI is InChI=1S/C10H20O2/c1-3-4-8-5-6-9(11)10(7-8)12-2/h8-11H,3-7H2,1-2H3/t8-,9-,10+/m0/s1. The summed E-state index contributed by atoms with van der Waals surface area (Å²) in [5, 5.41) is 9.53. The van der Waals surface area contributed by atoms with Crippen molar-refractivity contribution >= 4 is 0 Å². The zero-order chi connectivity index (χ0) is 8.97. The Morgan fingerprint density at radius 3 is 2.75 bits per heavy atom. The van der Waals surface area contributed by atoms with Gasteiger partial charge in [0.05, 0.1) is 12.2 Å². The molecule has 72 valence electrons. The number of methoxy groups -OCH3 is 1. The van der Waals surface area contributed by atoms with Crippen LogP contribution in [0.3, 0.4) is 0 Å². The third-order valence-electron chi connectivity index (χ3n) is 2.87. The number of ether oxygens (including phenoxy) is 1. The normalized spacial score (nSPS) is 36.8. The topological polar surface area (TPSA) is 29.5 Å². The van der Waals surface area contributed by atoms with Crippen molar-refractivity contribution in [2.45, 2.75) is 51.2 Å². The summed E-state index contributed by atoms with van der Waals surface area (Å²) in [5.41, 5.74) is 0. The highest BCUT2D eigenvalue weighted by atomic mass is 16.5. The summed E-state index contributed by atoms with van der Waals surface area (Å²) in [6, 6.07) is 0. The summed E-state index contributed by atoms with van der Waals surface area (Å²) in [7, 11) is 1.70. The van der Waals surface area contributed by atoms with Crippen LogP contribution in [-0.2, 0) is 4.74 Å². The molecule has 2 heteroatoms. The Morgan fingerprint density at radius 1 is 1.42 bits per heavy atom. The lowest BCUT2D eigenvalue weighted by atomic mass is 9.83. The average Bonchev–Trinajstić information content (AvgIpc) is 2.09. The van der Waals surface area contributed by atoms with Crippen LogP contribution in [0.25, 0.3) is 0 Å². The molecule has 1 aliphatic carbocycles. The molecule has 0 aromatic rings. The van der Waals surface area contributed by atoms with Crippen LogP contribution in [0.2, 0.25) is 0 Å². The summed E-state index contributed by atoms with van der Waals surface area (Å²) >= 11 is 0. The first-order valence-corrected chi connectivity index (χ1v) is 4.98. The van der Waals surface area contributed by atoms with Crippen molar-refractivity contribution in [1.82, 2.24) is 0 Å². The van der Waals surface area contributed by atoms with Gasteiger partial charge in [0, 0.05) is 7.11 Å². The number of aliphatic hydroxyl groups is 1. The van der Waals surface area contributed by atoms with E-state index in [2.05, 4.69) is 6.92 Å². The van der Waals surface area contributed by atoms with Gasteiger partial charge >= 0.3 is 0 Å². The quantitative estimate of drug-likeness (QED) is 0.705. The lowest BCUT2D eigenvalue weighted by molar-refractivity contribution is -0.0513. The van der Waals surface area contributed by atoms with Crippen molar-refractivity contribution in [3.8, 4) is 0 Å². The van der Waals surface area contributed by atoms with E-state index in [1.807, 2.05) is 0 Å². The second-order valence-electron chi connectivity index (χ2n) is 3.81. The monoisotopic (exact) mass is 172 g/mol. The molecule has 1 aliphatic rings. The summed E-state index contributed by atoms with van der Waals surface area (Å²) < 4.78 is 5.23. The number of hydrogen-bond acceptors (Lipinski definition) is 2. The molecule has 0 radical (unpaired) electrons. The van der Waals surface area contributed by atoms with Crippen LogP contribution in [0.4, 0.5) is 0 Å². The summed E-state index contributed by atoms with van der Waals surface area (Å²) in [5.74, 6) is 0.781. The van der Waals surface area contributed by atoms with E-state index in [0.29, 0.717) is 0 Å². The average molecular weight is 172 g/mol. The maximum atomic E-state index is 9.53. The third-order valence-corrected chi connectivity index (χ3v) is 2.87. The highest BCUT2D eigenvalue weighted by Crippen LogP contribution is 2.29. The summed E-state index contributed by atoms with van der Waals surface area (Å²) in [6.45, 7) is 2.22. The Kier molecular flexibility index (Phi) is 4.02. The lowest BCUT2D eigenvalue weighted by Gasteiger charge is -2.32. The molecule has 0 amide bonds. The van der Waals surface area contributed by atoms with Crippen molar-refractivity contribution in [3.05, 3.63) is 0 Å². The van der Waals surface area contributed by atoms with Gasteiger partial charge in [-0.2, -0.15) is 0 Å². The van der Waals surface area contributed by atoms with Gasteiger partial charge in [0.2, 0.25) is 0 Å². The van der Waals surface area contributed by atoms with E-state index in [4.69, 9.17) is 4.74 Å². The van der Waals surface area contributed by atoms with Gasteiger partial charge in [0.1, 0.15) is 0 Å². The van der Waals surface area contributed by atoms with Gasteiger partial charge in [-0.1, -0.05) is 19.8 Å². The van der Waals surface area contributed by atoms with Gasteiger partial charge < -0.3 is 9.84 Å². The second kappa shape index (κ2) is 4.83. The molecule has 1 saturated carbocycles. The van der Waals surface area contributed by atoms with Crippen LogP contribution in [-0.4, -0.2) is 24.4 Å². The Morgan fingerprint density at radius 2 is 2.17 bits per heavy atom. The molecule has 1 N–H and O–H groups in total. The maximum Gasteiger partial charge on any atom is 0.0832 e. The van der Waals surface area contributed by atoms with Gasteiger partial charge in [0.15, 0.2) is 0 Å². The Hall–Kier alpha value is -0.0800. The first-order chi connectivity index (χ1) is 5.77. The Bertz CT molecular complexity index is 125. The van der Waals surface area contributed by atoms with Gasteiger partial charge in [-0.15, -0.1) is 0 Å². The van der Waals surface area contributed by atoms with Crippen molar-refractivity contribution in [2.24, 2.45) is 5.92 Å². The summed E-state index contributed by atoms with van der Waals surface area (Å²) in [6.07, 6.45) is 5.55. The van der Waals surface area contributed by atoms with E-state index in [1.165, 1.54) is 19.3 Å². The third kappa shape index (κ3) is 2.46. The molecule has 3 atom stereocenters. The largest absolute Gasteiger partial charge is 0.390 e. The van der Waals surface area contributed by atoms with Crippen LogP contribution in [0.1, 0.15) is 39.0 Å². The van der Waals surface area contributed by atoms with Crippen LogP contribution < -0.4 is 0 Å². The van der Waals surface area contributed by atoms with Crippen LogP contribution in [0, 0.1) is 5.92 Å². The molecule has 2 nitrogen and oxygen atoms in total. The van der Waals surface area contributed by atoms with Crippen LogP contribution >= 0.6 is 0 Å². The van der Waals surface area contributed by atoms with E-state index < -0.39 is 0 Å². The number of rotatable bonds is 3. The lowest BCUT2D eigenvalue weighted by Crippen LogP contribution is -2.35. The zero-order valence-electron chi connectivity index (χ0n) is 8.12. The smallest absolute Gasteiger partial charge is 0.0832 e. The van der Waals surface area contributed by atoms with E-state index in [-0.39, 0.29) is 12.2 Å². The van der Waals surface area contributed by atoms with Crippen molar-refractivity contribution < 1.29 is 9.84 Å². The van der Waals surface area contributed by atoms with Crippen molar-refractivity contribution in [2.75, 3.05) is 7.11 Å². The molecule has 0 aliphatic heterocycles. The van der Waals surface area contributed by atoms with Crippen LogP contribution in [0.5, 0.6) is 0 Å². The van der Waals surface area contributed by atoms with E-state index in [9.17, 15) is 5.11 Å². The second-order valence-corrected chi connectivity index (χ2v) is 3.81. The van der Waals surface area contributed by atoms with E-state index >= 15 is 0 Å². The fourth-order valence-electron chi connectivity index (χ4n) is 2.12. The zero-order valence-corrected chi connectivity index (χ0v) is 8.12. The minimum atomic E-state index is -0.219. The Balaban J connectivity index is 2.33. The van der Waals surface area contributed by atoms with Gasteiger partial charge in [-0.3, -0.25) is 0 Å². The molecule has 0 bridgehead atoms. The van der Waals surface area contributed by atoms with Gasteiger partial charge in [-0.05, 0) is 25.2 Å². The molecule has 0 spiro atoms. The van der Waals surface area contributed by atoms with Gasteiger partial charge in [0.25, 0.3) is 0 Å². The molecule has 0 heterocycles. The molecule has 1 fully saturated rings. The molecule has 0 aromatic heterocycles. The van der Waals surface area contributed by atoms with E-state index in [1.54, 1.807) is 7.11 Å². The fraction of sp³-hybridized carbons (Fsp3) is 1.00. The highest BCUT2D eigenvalue weighted by Gasteiger charge is 2.28. The first-order valence-electron chi connectivity index (χ1n) is 4.98. The molecule has 0 unspecified atom stereocenters. The maximum absolute atomic E-state index is 9.53. The molecule has 0 saturated heterocycles. The Labute approximate surface area is 74.9 Å².